The summed E-state index contributed by atoms with van der Waals surface area (Å²) in [6, 6.07) is 7.00. The summed E-state index contributed by atoms with van der Waals surface area (Å²) < 4.78 is 0. The summed E-state index contributed by atoms with van der Waals surface area (Å²) in [7, 11) is 0. The second kappa shape index (κ2) is 4.22. The van der Waals surface area contributed by atoms with Gasteiger partial charge in [0.15, 0.2) is 0 Å². The molecule has 1 fully saturated rings. The van der Waals surface area contributed by atoms with Gasteiger partial charge in [-0.3, -0.25) is 10.1 Å². The third kappa shape index (κ3) is 2.07. The fourth-order valence-electron chi connectivity index (χ4n) is 2.30. The van der Waals surface area contributed by atoms with Gasteiger partial charge in [-0.05, 0) is 24.9 Å². The van der Waals surface area contributed by atoms with E-state index in [1.807, 2.05) is 6.07 Å². The maximum atomic E-state index is 10.7. The van der Waals surface area contributed by atoms with E-state index >= 15 is 0 Å². The van der Waals surface area contributed by atoms with Gasteiger partial charge in [0.25, 0.3) is 5.69 Å². The predicted octanol–water partition coefficient (Wildman–Crippen LogP) is 2.24. The predicted molar refractivity (Wildman–Crippen MR) is 62.6 cm³/mol. The second-order valence-corrected chi connectivity index (χ2v) is 4.65. The molecule has 1 aliphatic rings. The molecule has 0 bridgehead atoms. The van der Waals surface area contributed by atoms with Gasteiger partial charge in [0, 0.05) is 24.1 Å². The summed E-state index contributed by atoms with van der Waals surface area (Å²) in [6.07, 6.45) is 2.21. The fourth-order valence-corrected chi connectivity index (χ4v) is 2.30. The zero-order valence-corrected chi connectivity index (χ0v) is 9.40. The van der Waals surface area contributed by atoms with Crippen molar-refractivity contribution in [2.45, 2.75) is 25.2 Å². The van der Waals surface area contributed by atoms with Crippen LogP contribution >= 0.6 is 0 Å². The summed E-state index contributed by atoms with van der Waals surface area (Å²) in [4.78, 5) is 10.4. The number of nitro benzene ring substituents is 1. The van der Waals surface area contributed by atoms with Gasteiger partial charge in [0.05, 0.1) is 4.92 Å². The molecule has 4 nitrogen and oxygen atoms in total. The minimum absolute atomic E-state index is 0.0320. The number of nitro groups is 1. The molecule has 0 aromatic heterocycles. The zero-order chi connectivity index (χ0) is 11.6. The monoisotopic (exact) mass is 220 g/mol. The lowest BCUT2D eigenvalue weighted by Crippen LogP contribution is -2.41. The number of benzene rings is 1. The Morgan fingerprint density at radius 2 is 2.31 bits per heavy atom. The van der Waals surface area contributed by atoms with Gasteiger partial charge in [-0.2, -0.15) is 0 Å². The Balaban J connectivity index is 2.31. The van der Waals surface area contributed by atoms with Crippen molar-refractivity contribution in [3.8, 4) is 0 Å². The lowest BCUT2D eigenvalue weighted by Gasteiger charge is -2.34. The molecule has 0 aliphatic carbocycles. The van der Waals surface area contributed by atoms with E-state index in [1.54, 1.807) is 18.2 Å². The van der Waals surface area contributed by atoms with E-state index in [4.69, 9.17) is 0 Å². The quantitative estimate of drug-likeness (QED) is 0.614. The number of non-ortho nitro benzene ring substituents is 1. The number of nitrogens with zero attached hydrogens (tertiary/aromatic N) is 1. The largest absolute Gasteiger partial charge is 0.316 e. The highest BCUT2D eigenvalue weighted by molar-refractivity contribution is 5.38. The zero-order valence-electron chi connectivity index (χ0n) is 9.40. The fraction of sp³-hybridized carbons (Fsp3) is 0.500. The molecule has 1 heterocycles. The van der Waals surface area contributed by atoms with Crippen LogP contribution in [-0.4, -0.2) is 18.0 Å². The van der Waals surface area contributed by atoms with Gasteiger partial charge in [-0.25, -0.2) is 0 Å². The number of hydrogen-bond acceptors (Lipinski definition) is 3. The lowest BCUT2D eigenvalue weighted by molar-refractivity contribution is -0.385. The molecule has 1 aromatic carbocycles. The average molecular weight is 220 g/mol. The number of piperidine rings is 1. The van der Waals surface area contributed by atoms with Crippen LogP contribution in [0.4, 0.5) is 5.69 Å². The van der Waals surface area contributed by atoms with Gasteiger partial charge in [0.1, 0.15) is 0 Å². The molecule has 0 amide bonds. The molecule has 0 saturated carbocycles. The van der Waals surface area contributed by atoms with E-state index in [0.29, 0.717) is 0 Å². The molecule has 4 heteroatoms. The van der Waals surface area contributed by atoms with Gasteiger partial charge < -0.3 is 5.32 Å². The standard InChI is InChI=1S/C12H16N2O2/c1-12(6-3-7-13-9-12)10-4-2-5-11(8-10)14(15)16/h2,4-5,8,13H,3,6-7,9H2,1H3. The summed E-state index contributed by atoms with van der Waals surface area (Å²) in [5.74, 6) is 0. The maximum Gasteiger partial charge on any atom is 0.269 e. The van der Waals surface area contributed by atoms with Crippen LogP contribution in [0, 0.1) is 10.1 Å². The first kappa shape index (κ1) is 11.1. The number of hydrogen-bond donors (Lipinski definition) is 1. The van der Waals surface area contributed by atoms with Gasteiger partial charge >= 0.3 is 0 Å². The summed E-state index contributed by atoms with van der Waals surface area (Å²) in [5.41, 5.74) is 1.28. The molecule has 2 rings (SSSR count). The van der Waals surface area contributed by atoms with Crippen molar-refractivity contribution in [2.24, 2.45) is 0 Å². The van der Waals surface area contributed by atoms with Crippen LogP contribution in [0.5, 0.6) is 0 Å². The lowest BCUT2D eigenvalue weighted by atomic mass is 9.76. The van der Waals surface area contributed by atoms with Crippen LogP contribution in [0.2, 0.25) is 0 Å². The number of rotatable bonds is 2. The summed E-state index contributed by atoms with van der Waals surface area (Å²) in [5, 5.41) is 14.1. The van der Waals surface area contributed by atoms with Crippen LogP contribution in [0.3, 0.4) is 0 Å². The highest BCUT2D eigenvalue weighted by Gasteiger charge is 2.29. The van der Waals surface area contributed by atoms with E-state index in [9.17, 15) is 10.1 Å². The molecular weight excluding hydrogens is 204 g/mol. The average Bonchev–Trinajstić information content (AvgIpc) is 2.30. The van der Waals surface area contributed by atoms with E-state index in [0.717, 1.165) is 31.5 Å². The highest BCUT2D eigenvalue weighted by atomic mass is 16.6. The van der Waals surface area contributed by atoms with Crippen molar-refractivity contribution < 1.29 is 4.92 Å². The minimum Gasteiger partial charge on any atom is -0.316 e. The van der Waals surface area contributed by atoms with E-state index in [2.05, 4.69) is 12.2 Å². The van der Waals surface area contributed by atoms with Crippen molar-refractivity contribution in [3.63, 3.8) is 0 Å². The van der Waals surface area contributed by atoms with Crippen LogP contribution in [0.1, 0.15) is 25.3 Å². The Morgan fingerprint density at radius 1 is 1.50 bits per heavy atom. The molecule has 1 N–H and O–H groups in total. The molecule has 1 aliphatic heterocycles. The first-order valence-electron chi connectivity index (χ1n) is 5.57. The highest BCUT2D eigenvalue weighted by Crippen LogP contribution is 2.32. The van der Waals surface area contributed by atoms with Crippen molar-refractivity contribution in [1.82, 2.24) is 5.32 Å². The summed E-state index contributed by atoms with van der Waals surface area (Å²) >= 11 is 0. The molecule has 86 valence electrons. The Hall–Kier alpha value is -1.42. The van der Waals surface area contributed by atoms with E-state index in [-0.39, 0.29) is 16.0 Å². The Morgan fingerprint density at radius 3 is 2.94 bits per heavy atom. The topological polar surface area (TPSA) is 55.2 Å². The smallest absolute Gasteiger partial charge is 0.269 e. The minimum atomic E-state index is -0.330. The molecule has 1 unspecified atom stereocenters. The third-order valence-corrected chi connectivity index (χ3v) is 3.35. The van der Waals surface area contributed by atoms with Gasteiger partial charge in [0.2, 0.25) is 0 Å². The maximum absolute atomic E-state index is 10.7. The number of nitrogens with one attached hydrogen (secondary N) is 1. The van der Waals surface area contributed by atoms with Crippen molar-refractivity contribution in [2.75, 3.05) is 13.1 Å². The van der Waals surface area contributed by atoms with Crippen molar-refractivity contribution >= 4 is 5.69 Å². The van der Waals surface area contributed by atoms with E-state index in [1.165, 1.54) is 0 Å². The molecular formula is C12H16N2O2. The van der Waals surface area contributed by atoms with Crippen LogP contribution in [0.15, 0.2) is 24.3 Å². The van der Waals surface area contributed by atoms with Gasteiger partial charge in [-0.1, -0.05) is 19.1 Å². The Labute approximate surface area is 94.8 Å². The second-order valence-electron chi connectivity index (χ2n) is 4.65. The van der Waals surface area contributed by atoms with Crippen LogP contribution in [-0.2, 0) is 5.41 Å². The molecule has 16 heavy (non-hydrogen) atoms. The van der Waals surface area contributed by atoms with Crippen LogP contribution in [0.25, 0.3) is 0 Å². The van der Waals surface area contributed by atoms with Crippen molar-refractivity contribution in [3.05, 3.63) is 39.9 Å². The first-order valence-corrected chi connectivity index (χ1v) is 5.57. The molecule has 1 aromatic rings. The first-order chi connectivity index (χ1) is 7.62. The molecule has 1 atom stereocenters. The SMILES string of the molecule is CC1(c2cccc([N+](=O)[O-])c2)CCCNC1. The molecule has 0 spiro atoms. The Bertz CT molecular complexity index is 398. The molecule has 1 saturated heterocycles. The van der Waals surface area contributed by atoms with Crippen LogP contribution < -0.4 is 5.32 Å². The Kier molecular flexibility index (Phi) is 2.92. The third-order valence-electron chi connectivity index (χ3n) is 3.35. The van der Waals surface area contributed by atoms with E-state index < -0.39 is 0 Å². The van der Waals surface area contributed by atoms with Crippen molar-refractivity contribution in [1.29, 1.82) is 0 Å². The normalized spacial score (nSPS) is 25.3. The molecule has 0 radical (unpaired) electrons. The van der Waals surface area contributed by atoms with Gasteiger partial charge in [-0.15, -0.1) is 0 Å². The summed E-state index contributed by atoms with van der Waals surface area (Å²) in [6.45, 7) is 4.11.